The quantitative estimate of drug-likeness (QED) is 0.755. The van der Waals surface area contributed by atoms with Crippen LogP contribution in [0.1, 0.15) is 27.3 Å². The number of nitrogens with zero attached hydrogens (tertiary/aromatic N) is 1. The van der Waals surface area contributed by atoms with Gasteiger partial charge in [-0.2, -0.15) is 0 Å². The van der Waals surface area contributed by atoms with Crippen LogP contribution in [0.15, 0.2) is 41.2 Å². The van der Waals surface area contributed by atoms with Gasteiger partial charge in [0, 0.05) is 23.0 Å². The maximum Gasteiger partial charge on any atom is 0.256 e. The van der Waals surface area contributed by atoms with Crippen LogP contribution in [0.4, 0.5) is 0 Å². The molecule has 1 aromatic carbocycles. The Morgan fingerprint density at radius 2 is 1.95 bits per heavy atom. The molecule has 0 unspecified atom stereocenters. The van der Waals surface area contributed by atoms with Crippen LogP contribution in [-0.4, -0.2) is 22.3 Å². The third kappa shape index (κ3) is 2.11. The predicted octanol–water partition coefficient (Wildman–Crippen LogP) is 2.48. The zero-order chi connectivity index (χ0) is 15.9. The second kappa shape index (κ2) is 5.18. The third-order valence-corrected chi connectivity index (χ3v) is 3.85. The first kappa shape index (κ1) is 14.1. The van der Waals surface area contributed by atoms with E-state index in [1.165, 1.54) is 10.5 Å². The Bertz CT molecular complexity index is 935. The van der Waals surface area contributed by atoms with Crippen molar-refractivity contribution in [3.63, 3.8) is 0 Å². The van der Waals surface area contributed by atoms with Crippen molar-refractivity contribution in [3.05, 3.63) is 69.3 Å². The van der Waals surface area contributed by atoms with E-state index < -0.39 is 0 Å². The molecular formula is C17H16N2O3. The normalized spacial score (nSPS) is 10.9. The number of carbonyl (C=O) groups excluding carboxylic acids is 1. The molecule has 0 saturated carbocycles. The van der Waals surface area contributed by atoms with Crippen molar-refractivity contribution in [1.82, 2.24) is 9.38 Å². The van der Waals surface area contributed by atoms with E-state index in [4.69, 9.17) is 4.74 Å². The summed E-state index contributed by atoms with van der Waals surface area (Å²) in [7, 11) is 1.56. The van der Waals surface area contributed by atoms with Crippen molar-refractivity contribution in [3.8, 4) is 5.75 Å². The lowest BCUT2D eigenvalue weighted by Gasteiger charge is -2.05. The molecule has 2 heterocycles. The van der Waals surface area contributed by atoms with Crippen LogP contribution in [0.3, 0.4) is 0 Å². The number of aromatic amines is 1. The molecule has 0 fully saturated rings. The summed E-state index contributed by atoms with van der Waals surface area (Å²) in [5, 5.41) is 0. The van der Waals surface area contributed by atoms with Gasteiger partial charge in [0.2, 0.25) is 0 Å². The van der Waals surface area contributed by atoms with E-state index in [9.17, 15) is 9.59 Å². The molecule has 3 rings (SSSR count). The molecule has 0 aliphatic rings. The molecule has 112 valence electrons. The molecule has 0 spiro atoms. The average molecular weight is 296 g/mol. The van der Waals surface area contributed by atoms with Crippen molar-refractivity contribution >= 4 is 11.4 Å². The molecule has 0 aliphatic carbocycles. The van der Waals surface area contributed by atoms with Gasteiger partial charge in [0.05, 0.1) is 12.7 Å². The number of hydrogen-bond acceptors (Lipinski definition) is 3. The number of ketones is 1. The standard InChI is InChI=1S/C17H16N2O3/c1-10-11(2)19-15(20)8-7-14(17(19)18-10)16(21)12-5-4-6-13(9-12)22-3/h4-9,18H,1-3H3. The van der Waals surface area contributed by atoms with E-state index in [1.807, 2.05) is 13.8 Å². The number of methoxy groups -OCH3 is 1. The second-order valence-corrected chi connectivity index (χ2v) is 5.17. The molecule has 2 aromatic heterocycles. The summed E-state index contributed by atoms with van der Waals surface area (Å²) in [4.78, 5) is 27.9. The molecule has 5 nitrogen and oxygen atoms in total. The van der Waals surface area contributed by atoms with Gasteiger partial charge in [0.15, 0.2) is 5.78 Å². The fourth-order valence-corrected chi connectivity index (χ4v) is 2.53. The number of ether oxygens (including phenoxy) is 1. The zero-order valence-corrected chi connectivity index (χ0v) is 12.6. The van der Waals surface area contributed by atoms with E-state index in [-0.39, 0.29) is 11.3 Å². The number of nitrogens with one attached hydrogen (secondary N) is 1. The highest BCUT2D eigenvalue weighted by Gasteiger charge is 2.17. The first-order chi connectivity index (χ1) is 10.5. The number of rotatable bonds is 3. The Hall–Kier alpha value is -2.82. The molecule has 0 saturated heterocycles. The van der Waals surface area contributed by atoms with Gasteiger partial charge in [-0.05, 0) is 32.0 Å². The number of carbonyl (C=O) groups is 1. The third-order valence-electron chi connectivity index (χ3n) is 3.85. The molecule has 3 aromatic rings. The van der Waals surface area contributed by atoms with Crippen LogP contribution in [-0.2, 0) is 0 Å². The van der Waals surface area contributed by atoms with Crippen LogP contribution in [0.25, 0.3) is 5.65 Å². The van der Waals surface area contributed by atoms with Gasteiger partial charge >= 0.3 is 0 Å². The lowest BCUT2D eigenvalue weighted by molar-refractivity contribution is 0.103. The number of pyridine rings is 1. The van der Waals surface area contributed by atoms with Gasteiger partial charge in [-0.1, -0.05) is 12.1 Å². The van der Waals surface area contributed by atoms with Gasteiger partial charge in [0.25, 0.3) is 5.56 Å². The Kier molecular flexibility index (Phi) is 3.33. The lowest BCUT2D eigenvalue weighted by atomic mass is 10.0. The minimum absolute atomic E-state index is 0.154. The van der Waals surface area contributed by atoms with Gasteiger partial charge < -0.3 is 9.72 Å². The molecule has 0 atom stereocenters. The van der Waals surface area contributed by atoms with Crippen LogP contribution >= 0.6 is 0 Å². The topological polar surface area (TPSA) is 63.6 Å². The fourth-order valence-electron chi connectivity index (χ4n) is 2.53. The number of imidazole rings is 1. The van der Waals surface area contributed by atoms with Crippen molar-refractivity contribution in [2.24, 2.45) is 0 Å². The molecule has 0 bridgehead atoms. The van der Waals surface area contributed by atoms with Crippen LogP contribution in [0.5, 0.6) is 5.75 Å². The molecule has 0 radical (unpaired) electrons. The van der Waals surface area contributed by atoms with Gasteiger partial charge in [-0.15, -0.1) is 0 Å². The van der Waals surface area contributed by atoms with E-state index in [0.717, 1.165) is 11.4 Å². The summed E-state index contributed by atoms with van der Waals surface area (Å²) in [5.41, 5.74) is 3.02. The highest BCUT2D eigenvalue weighted by Crippen LogP contribution is 2.19. The monoisotopic (exact) mass is 296 g/mol. The zero-order valence-electron chi connectivity index (χ0n) is 12.6. The number of aryl methyl sites for hydroxylation is 2. The Labute approximate surface area is 127 Å². The number of H-pyrrole nitrogens is 1. The first-order valence-corrected chi connectivity index (χ1v) is 6.92. The largest absolute Gasteiger partial charge is 0.497 e. The first-order valence-electron chi connectivity index (χ1n) is 6.92. The van der Waals surface area contributed by atoms with Gasteiger partial charge in [-0.3, -0.25) is 14.0 Å². The van der Waals surface area contributed by atoms with Crippen molar-refractivity contribution in [2.45, 2.75) is 13.8 Å². The van der Waals surface area contributed by atoms with Crippen LogP contribution in [0.2, 0.25) is 0 Å². The summed E-state index contributed by atoms with van der Waals surface area (Å²) in [6.07, 6.45) is 0. The number of benzene rings is 1. The number of fused-ring (bicyclic) bond motifs is 1. The van der Waals surface area contributed by atoms with E-state index in [2.05, 4.69) is 4.98 Å². The SMILES string of the molecule is COc1cccc(C(=O)c2ccc(=O)n3c(C)c(C)[nH]c23)c1. The maximum absolute atomic E-state index is 12.8. The molecule has 0 amide bonds. The number of aromatic nitrogens is 2. The van der Waals surface area contributed by atoms with Crippen molar-refractivity contribution in [1.29, 1.82) is 0 Å². The van der Waals surface area contributed by atoms with E-state index >= 15 is 0 Å². The Morgan fingerprint density at radius 3 is 2.68 bits per heavy atom. The summed E-state index contributed by atoms with van der Waals surface area (Å²) < 4.78 is 6.69. The summed E-state index contributed by atoms with van der Waals surface area (Å²) in [6, 6.07) is 9.95. The molecule has 22 heavy (non-hydrogen) atoms. The van der Waals surface area contributed by atoms with Crippen molar-refractivity contribution in [2.75, 3.05) is 7.11 Å². The minimum atomic E-state index is -0.155. The average Bonchev–Trinajstić information content (AvgIpc) is 2.83. The fraction of sp³-hybridized carbons (Fsp3) is 0.176. The summed E-state index contributed by atoms with van der Waals surface area (Å²) in [6.45, 7) is 3.72. The van der Waals surface area contributed by atoms with Crippen LogP contribution < -0.4 is 10.3 Å². The Morgan fingerprint density at radius 1 is 1.18 bits per heavy atom. The lowest BCUT2D eigenvalue weighted by Crippen LogP contribution is -2.15. The van der Waals surface area contributed by atoms with Crippen molar-refractivity contribution < 1.29 is 9.53 Å². The minimum Gasteiger partial charge on any atom is -0.497 e. The van der Waals surface area contributed by atoms with E-state index in [0.29, 0.717) is 22.5 Å². The summed E-state index contributed by atoms with van der Waals surface area (Å²) >= 11 is 0. The Balaban J connectivity index is 2.22. The molecule has 1 N–H and O–H groups in total. The molecule has 0 aliphatic heterocycles. The van der Waals surface area contributed by atoms with E-state index in [1.54, 1.807) is 37.4 Å². The predicted molar refractivity (Wildman–Crippen MR) is 83.9 cm³/mol. The highest BCUT2D eigenvalue weighted by atomic mass is 16.5. The highest BCUT2D eigenvalue weighted by molar-refractivity contribution is 6.12. The van der Waals surface area contributed by atoms with Crippen LogP contribution in [0, 0.1) is 13.8 Å². The van der Waals surface area contributed by atoms with Gasteiger partial charge in [-0.25, -0.2) is 0 Å². The maximum atomic E-state index is 12.8. The molecule has 5 heteroatoms. The second-order valence-electron chi connectivity index (χ2n) is 5.17. The summed E-state index contributed by atoms with van der Waals surface area (Å²) in [5.74, 6) is 0.465. The smallest absolute Gasteiger partial charge is 0.256 e. The number of hydrogen-bond donors (Lipinski definition) is 1. The van der Waals surface area contributed by atoms with Gasteiger partial charge in [0.1, 0.15) is 11.4 Å². The molecular weight excluding hydrogens is 280 g/mol.